The van der Waals surface area contributed by atoms with Crippen molar-refractivity contribution in [2.75, 3.05) is 19.6 Å². The third-order valence-electron chi connectivity index (χ3n) is 3.48. The molecule has 0 aromatic heterocycles. The number of rotatable bonds is 5. The van der Waals surface area contributed by atoms with Gasteiger partial charge in [0.1, 0.15) is 0 Å². The number of nitrogens with zero attached hydrogens (tertiary/aromatic N) is 1. The Hall–Kier alpha value is -1.79. The number of carboxylic acids is 1. The van der Waals surface area contributed by atoms with Gasteiger partial charge in [-0.05, 0) is 12.3 Å². The van der Waals surface area contributed by atoms with Gasteiger partial charge in [-0.3, -0.25) is 9.59 Å². The molecule has 0 spiro atoms. The van der Waals surface area contributed by atoms with Crippen molar-refractivity contribution in [2.24, 2.45) is 11.8 Å². The van der Waals surface area contributed by atoms with E-state index in [1.165, 1.54) is 6.92 Å². The largest absolute Gasteiger partial charge is 0.481 e. The van der Waals surface area contributed by atoms with E-state index in [1.807, 2.05) is 13.8 Å². The molecular formula is C13H23N3O4. The van der Waals surface area contributed by atoms with Gasteiger partial charge in [0.25, 0.3) is 0 Å². The number of amides is 3. The van der Waals surface area contributed by atoms with Crippen molar-refractivity contribution in [3.63, 3.8) is 0 Å². The topological polar surface area (TPSA) is 98.7 Å². The van der Waals surface area contributed by atoms with E-state index in [9.17, 15) is 14.4 Å². The highest BCUT2D eigenvalue weighted by atomic mass is 16.4. The van der Waals surface area contributed by atoms with E-state index in [1.54, 1.807) is 4.90 Å². The summed E-state index contributed by atoms with van der Waals surface area (Å²) in [6.45, 7) is 6.22. The van der Waals surface area contributed by atoms with Gasteiger partial charge in [0, 0.05) is 32.6 Å². The normalized spacial score (nSPS) is 19.8. The van der Waals surface area contributed by atoms with Crippen molar-refractivity contribution in [3.05, 3.63) is 0 Å². The standard InChI is InChI=1S/C13H23N3O4/c1-8(2)11(12(18)19)6-14-13(20)16-5-4-10(7-16)15-9(3)17/h8,10-11H,4-7H2,1-3H3,(H,14,20)(H,15,17)(H,18,19). The molecule has 2 unspecified atom stereocenters. The maximum Gasteiger partial charge on any atom is 0.317 e. The molecule has 0 aliphatic carbocycles. The number of carbonyl (C=O) groups excluding carboxylic acids is 2. The number of carboxylic acid groups (broad SMARTS) is 1. The lowest BCUT2D eigenvalue weighted by Crippen LogP contribution is -2.44. The van der Waals surface area contributed by atoms with E-state index in [2.05, 4.69) is 10.6 Å². The zero-order valence-electron chi connectivity index (χ0n) is 12.2. The third-order valence-corrected chi connectivity index (χ3v) is 3.48. The van der Waals surface area contributed by atoms with E-state index in [-0.39, 0.29) is 30.4 Å². The summed E-state index contributed by atoms with van der Waals surface area (Å²) < 4.78 is 0. The first kappa shape index (κ1) is 16.3. The first-order valence-corrected chi connectivity index (χ1v) is 6.84. The van der Waals surface area contributed by atoms with Crippen LogP contribution in [-0.2, 0) is 9.59 Å². The van der Waals surface area contributed by atoms with E-state index in [0.29, 0.717) is 13.1 Å². The van der Waals surface area contributed by atoms with Crippen molar-refractivity contribution in [2.45, 2.75) is 33.2 Å². The lowest BCUT2D eigenvalue weighted by Gasteiger charge is -2.21. The second kappa shape index (κ2) is 7.12. The molecule has 0 saturated carbocycles. The summed E-state index contributed by atoms with van der Waals surface area (Å²) >= 11 is 0. The van der Waals surface area contributed by atoms with Gasteiger partial charge in [-0.1, -0.05) is 13.8 Å². The summed E-state index contributed by atoms with van der Waals surface area (Å²) in [6.07, 6.45) is 0.722. The lowest BCUT2D eigenvalue weighted by atomic mass is 9.96. The van der Waals surface area contributed by atoms with Crippen molar-refractivity contribution < 1.29 is 19.5 Å². The minimum Gasteiger partial charge on any atom is -0.481 e. The van der Waals surface area contributed by atoms with Gasteiger partial charge in [-0.25, -0.2) is 4.79 Å². The molecule has 7 nitrogen and oxygen atoms in total. The van der Waals surface area contributed by atoms with Crippen molar-refractivity contribution in [1.82, 2.24) is 15.5 Å². The van der Waals surface area contributed by atoms with E-state index < -0.39 is 11.9 Å². The summed E-state index contributed by atoms with van der Waals surface area (Å²) in [4.78, 5) is 35.5. The predicted octanol–water partition coefficient (Wildman–Crippen LogP) is 0.263. The van der Waals surface area contributed by atoms with Crippen LogP contribution in [0.1, 0.15) is 27.2 Å². The van der Waals surface area contributed by atoms with Crippen LogP contribution in [0.3, 0.4) is 0 Å². The Balaban J connectivity index is 2.40. The maximum atomic E-state index is 11.9. The first-order valence-electron chi connectivity index (χ1n) is 6.84. The van der Waals surface area contributed by atoms with Gasteiger partial charge in [-0.2, -0.15) is 0 Å². The molecule has 1 aliphatic heterocycles. The van der Waals surface area contributed by atoms with Crippen LogP contribution < -0.4 is 10.6 Å². The van der Waals surface area contributed by atoms with Gasteiger partial charge >= 0.3 is 12.0 Å². The van der Waals surface area contributed by atoms with Gasteiger partial charge in [0.2, 0.25) is 5.91 Å². The highest BCUT2D eigenvalue weighted by Gasteiger charge is 2.28. The Morgan fingerprint density at radius 1 is 1.35 bits per heavy atom. The number of carbonyl (C=O) groups is 3. The SMILES string of the molecule is CC(=O)NC1CCN(C(=O)NCC(C(=O)O)C(C)C)C1. The minimum atomic E-state index is -0.905. The van der Waals surface area contributed by atoms with Crippen LogP contribution in [0.5, 0.6) is 0 Å². The van der Waals surface area contributed by atoms with Gasteiger partial charge in [0.15, 0.2) is 0 Å². The quantitative estimate of drug-likeness (QED) is 0.675. The zero-order valence-corrected chi connectivity index (χ0v) is 12.2. The van der Waals surface area contributed by atoms with Crippen molar-refractivity contribution in [1.29, 1.82) is 0 Å². The monoisotopic (exact) mass is 285 g/mol. The fourth-order valence-electron chi connectivity index (χ4n) is 2.27. The van der Waals surface area contributed by atoms with Crippen molar-refractivity contribution >= 4 is 17.9 Å². The third kappa shape index (κ3) is 4.71. The predicted molar refractivity (Wildman–Crippen MR) is 73.2 cm³/mol. The average molecular weight is 285 g/mol. The molecule has 0 aromatic rings. The molecule has 3 amide bonds. The summed E-state index contributed by atoms with van der Waals surface area (Å²) in [5, 5.41) is 14.5. The van der Waals surface area contributed by atoms with Crippen LogP contribution in [0, 0.1) is 11.8 Å². The van der Waals surface area contributed by atoms with Crippen LogP contribution in [0.2, 0.25) is 0 Å². The molecule has 2 atom stereocenters. The summed E-state index contributed by atoms with van der Waals surface area (Å²) in [5.74, 6) is -1.65. The molecule has 114 valence electrons. The molecule has 1 heterocycles. The molecule has 20 heavy (non-hydrogen) atoms. The number of urea groups is 1. The van der Waals surface area contributed by atoms with E-state index in [0.717, 1.165) is 6.42 Å². The molecule has 3 N–H and O–H groups in total. The van der Waals surface area contributed by atoms with E-state index >= 15 is 0 Å². The van der Waals surface area contributed by atoms with Gasteiger partial charge in [0.05, 0.1) is 5.92 Å². The Morgan fingerprint density at radius 3 is 2.50 bits per heavy atom. The molecule has 1 fully saturated rings. The summed E-state index contributed by atoms with van der Waals surface area (Å²) in [6, 6.07) is -0.289. The van der Waals surface area contributed by atoms with Gasteiger partial charge in [-0.15, -0.1) is 0 Å². The second-order valence-corrected chi connectivity index (χ2v) is 5.51. The Labute approximate surface area is 118 Å². The van der Waals surface area contributed by atoms with Crippen LogP contribution in [-0.4, -0.2) is 53.6 Å². The smallest absolute Gasteiger partial charge is 0.317 e. The molecule has 1 saturated heterocycles. The van der Waals surface area contributed by atoms with Gasteiger partial charge < -0.3 is 20.6 Å². The number of likely N-dealkylation sites (tertiary alicyclic amines) is 1. The molecule has 0 bridgehead atoms. The number of aliphatic carboxylic acids is 1. The number of hydrogen-bond acceptors (Lipinski definition) is 3. The lowest BCUT2D eigenvalue weighted by molar-refractivity contribution is -0.143. The van der Waals surface area contributed by atoms with E-state index in [4.69, 9.17) is 5.11 Å². The summed E-state index contributed by atoms with van der Waals surface area (Å²) in [5.41, 5.74) is 0. The first-order chi connectivity index (χ1) is 9.31. The maximum absolute atomic E-state index is 11.9. The Kier molecular flexibility index (Phi) is 5.79. The number of nitrogens with one attached hydrogen (secondary N) is 2. The molecule has 0 aromatic carbocycles. The fourth-order valence-corrected chi connectivity index (χ4v) is 2.27. The highest BCUT2D eigenvalue weighted by molar-refractivity contribution is 5.77. The van der Waals surface area contributed by atoms with Crippen LogP contribution in [0.15, 0.2) is 0 Å². The minimum absolute atomic E-state index is 0.0152. The summed E-state index contributed by atoms with van der Waals surface area (Å²) in [7, 11) is 0. The Bertz CT molecular complexity index is 384. The van der Waals surface area contributed by atoms with Crippen LogP contribution in [0.25, 0.3) is 0 Å². The molecule has 1 aliphatic rings. The average Bonchev–Trinajstić information content (AvgIpc) is 2.75. The molecule has 1 rings (SSSR count). The molecular weight excluding hydrogens is 262 g/mol. The second-order valence-electron chi connectivity index (χ2n) is 5.51. The fraction of sp³-hybridized carbons (Fsp3) is 0.769. The Morgan fingerprint density at radius 2 is 2.00 bits per heavy atom. The zero-order chi connectivity index (χ0) is 15.3. The number of hydrogen-bond donors (Lipinski definition) is 3. The molecule has 0 radical (unpaired) electrons. The van der Waals surface area contributed by atoms with Crippen LogP contribution in [0.4, 0.5) is 4.79 Å². The molecule has 7 heteroatoms. The highest BCUT2D eigenvalue weighted by Crippen LogP contribution is 2.12. The van der Waals surface area contributed by atoms with Crippen LogP contribution >= 0.6 is 0 Å². The van der Waals surface area contributed by atoms with Crippen molar-refractivity contribution in [3.8, 4) is 0 Å².